The lowest BCUT2D eigenvalue weighted by Crippen LogP contribution is -2.47. The number of carbonyl (C=O) groups excluding carboxylic acids is 3. The van der Waals surface area contributed by atoms with Gasteiger partial charge in [-0.1, -0.05) is 47.7 Å². The fraction of sp³-hybridized carbons (Fsp3) is 0.0588. The maximum absolute atomic E-state index is 12.4. The zero-order valence-electron chi connectivity index (χ0n) is 13.6. The van der Waals surface area contributed by atoms with Crippen molar-refractivity contribution in [2.75, 3.05) is 6.54 Å². The summed E-state index contributed by atoms with van der Waals surface area (Å²) in [6, 6.07) is 10.1. The van der Waals surface area contributed by atoms with Gasteiger partial charge in [0.2, 0.25) is 0 Å². The molecule has 1 fully saturated rings. The van der Waals surface area contributed by atoms with E-state index in [1.54, 1.807) is 24.3 Å². The molecule has 0 bridgehead atoms. The summed E-state index contributed by atoms with van der Waals surface area (Å²) in [4.78, 5) is 39.1. The smallest absolute Gasteiger partial charge is 0.269 e. The minimum atomic E-state index is -0.570. The summed E-state index contributed by atoms with van der Waals surface area (Å²) >= 11 is 13.6. The number of hydrogen-bond donors (Lipinski definition) is 2. The van der Waals surface area contributed by atoms with Gasteiger partial charge in [-0.05, 0) is 35.7 Å². The molecule has 1 aromatic carbocycles. The zero-order chi connectivity index (χ0) is 19.4. The van der Waals surface area contributed by atoms with Crippen molar-refractivity contribution in [1.29, 1.82) is 0 Å². The molecule has 1 aromatic heterocycles. The number of nitrogens with one attached hydrogen (secondary N) is 2. The van der Waals surface area contributed by atoms with Crippen LogP contribution in [0.25, 0.3) is 6.08 Å². The number of amides is 3. The van der Waals surface area contributed by atoms with E-state index in [-0.39, 0.29) is 12.5 Å². The third-order valence-corrected chi connectivity index (χ3v) is 5.83. The number of thiophene rings is 1. The Balaban J connectivity index is 1.57. The van der Waals surface area contributed by atoms with Crippen LogP contribution in [0, 0.1) is 0 Å². The van der Waals surface area contributed by atoms with Gasteiger partial charge in [-0.25, -0.2) is 0 Å². The minimum Gasteiger partial charge on any atom is -0.283 e. The molecule has 2 aromatic rings. The molecule has 0 unspecified atom stereocenters. The first-order valence-corrected chi connectivity index (χ1v) is 10.1. The number of thiocarbonyl (C=S) groups is 1. The molecule has 0 aliphatic carbocycles. The van der Waals surface area contributed by atoms with Crippen molar-refractivity contribution in [3.05, 3.63) is 62.1 Å². The SMILES string of the molecule is O=C(CN1C(=O)/C(=C\c2cccs2)SC1=S)NNC(=O)c1cccc(Cl)c1. The van der Waals surface area contributed by atoms with Gasteiger partial charge in [0.15, 0.2) is 0 Å². The van der Waals surface area contributed by atoms with E-state index in [0.717, 1.165) is 16.6 Å². The average molecular weight is 438 g/mol. The maximum atomic E-state index is 12.4. The molecule has 3 amide bonds. The highest BCUT2D eigenvalue weighted by atomic mass is 35.5. The number of hydrogen-bond acceptors (Lipinski definition) is 6. The number of rotatable bonds is 4. The molecule has 6 nitrogen and oxygen atoms in total. The lowest BCUT2D eigenvalue weighted by molar-refractivity contribution is -0.129. The number of hydrazine groups is 1. The van der Waals surface area contributed by atoms with Crippen molar-refractivity contribution in [3.63, 3.8) is 0 Å². The van der Waals surface area contributed by atoms with E-state index in [0.29, 0.717) is 19.8 Å². The standard InChI is InChI=1S/C17H12ClN3O3S3/c18-11-4-1-3-10(7-11)15(23)20-19-14(22)9-21-16(24)13(27-17(21)25)8-12-5-2-6-26-12/h1-8H,9H2,(H,19,22)(H,20,23)/b13-8+. The fourth-order valence-corrected chi connectivity index (χ4v) is 4.32. The molecule has 138 valence electrons. The summed E-state index contributed by atoms with van der Waals surface area (Å²) in [6.07, 6.45) is 1.74. The quantitative estimate of drug-likeness (QED) is 0.436. The maximum Gasteiger partial charge on any atom is 0.269 e. The second-order valence-corrected chi connectivity index (χ2v) is 8.39. The van der Waals surface area contributed by atoms with Crippen molar-refractivity contribution in [3.8, 4) is 0 Å². The van der Waals surface area contributed by atoms with E-state index in [4.69, 9.17) is 23.8 Å². The Hall–Kier alpha value is -2.20. The predicted octanol–water partition coefficient (Wildman–Crippen LogP) is 3.06. The Labute approximate surface area is 173 Å². The Kier molecular flexibility index (Phi) is 6.27. The zero-order valence-corrected chi connectivity index (χ0v) is 16.8. The Morgan fingerprint density at radius 1 is 1.22 bits per heavy atom. The van der Waals surface area contributed by atoms with Gasteiger partial charge in [-0.15, -0.1) is 11.3 Å². The van der Waals surface area contributed by atoms with Crippen LogP contribution in [0.5, 0.6) is 0 Å². The number of nitrogens with zero attached hydrogens (tertiary/aromatic N) is 1. The van der Waals surface area contributed by atoms with Gasteiger partial charge in [-0.3, -0.25) is 30.1 Å². The predicted molar refractivity (Wildman–Crippen MR) is 111 cm³/mol. The van der Waals surface area contributed by atoms with Crippen LogP contribution in [0.1, 0.15) is 15.2 Å². The van der Waals surface area contributed by atoms with Crippen LogP contribution >= 0.6 is 46.9 Å². The molecule has 27 heavy (non-hydrogen) atoms. The average Bonchev–Trinajstić information content (AvgIpc) is 3.24. The Morgan fingerprint density at radius 3 is 2.74 bits per heavy atom. The van der Waals surface area contributed by atoms with E-state index in [1.165, 1.54) is 22.3 Å². The van der Waals surface area contributed by atoms with Crippen LogP contribution in [0.4, 0.5) is 0 Å². The molecule has 0 atom stereocenters. The normalized spacial score (nSPS) is 15.3. The van der Waals surface area contributed by atoms with Gasteiger partial charge in [0.05, 0.1) is 4.91 Å². The van der Waals surface area contributed by atoms with Crippen LogP contribution in [0.2, 0.25) is 5.02 Å². The van der Waals surface area contributed by atoms with Gasteiger partial charge in [0, 0.05) is 15.5 Å². The first-order chi connectivity index (χ1) is 12.9. The highest BCUT2D eigenvalue weighted by Gasteiger charge is 2.33. The highest BCUT2D eigenvalue weighted by Crippen LogP contribution is 2.32. The molecule has 0 saturated carbocycles. The van der Waals surface area contributed by atoms with Gasteiger partial charge in [0.25, 0.3) is 17.7 Å². The van der Waals surface area contributed by atoms with E-state index in [1.807, 2.05) is 17.5 Å². The lowest BCUT2D eigenvalue weighted by Gasteiger charge is -2.14. The van der Waals surface area contributed by atoms with Crippen LogP contribution < -0.4 is 10.9 Å². The molecular weight excluding hydrogens is 426 g/mol. The summed E-state index contributed by atoms with van der Waals surface area (Å²) in [5.41, 5.74) is 4.84. The van der Waals surface area contributed by atoms with Crippen LogP contribution in [-0.2, 0) is 9.59 Å². The Bertz CT molecular complexity index is 944. The summed E-state index contributed by atoms with van der Waals surface area (Å²) in [5, 5.41) is 2.31. The monoisotopic (exact) mass is 437 g/mol. The number of halogens is 1. The molecule has 0 radical (unpaired) electrons. The van der Waals surface area contributed by atoms with E-state index < -0.39 is 11.8 Å². The van der Waals surface area contributed by atoms with E-state index in [9.17, 15) is 14.4 Å². The van der Waals surface area contributed by atoms with Crippen molar-refractivity contribution in [2.45, 2.75) is 0 Å². The van der Waals surface area contributed by atoms with E-state index >= 15 is 0 Å². The minimum absolute atomic E-state index is 0.289. The number of benzene rings is 1. The molecule has 1 aliphatic rings. The lowest BCUT2D eigenvalue weighted by atomic mass is 10.2. The second-order valence-electron chi connectivity index (χ2n) is 5.30. The summed E-state index contributed by atoms with van der Waals surface area (Å²) in [5.74, 6) is -1.43. The summed E-state index contributed by atoms with van der Waals surface area (Å²) in [6.45, 7) is -0.289. The first kappa shape index (κ1) is 19.6. The molecule has 2 heterocycles. The summed E-state index contributed by atoms with van der Waals surface area (Å²) in [7, 11) is 0. The molecule has 0 spiro atoms. The Morgan fingerprint density at radius 2 is 2.04 bits per heavy atom. The third kappa shape index (κ3) is 4.95. The number of carbonyl (C=O) groups is 3. The summed E-state index contributed by atoms with van der Waals surface area (Å²) < 4.78 is 0.291. The molecule has 2 N–H and O–H groups in total. The fourth-order valence-electron chi connectivity index (χ4n) is 2.15. The molecule has 10 heteroatoms. The van der Waals surface area contributed by atoms with Crippen LogP contribution in [0.15, 0.2) is 46.7 Å². The number of thioether (sulfide) groups is 1. The van der Waals surface area contributed by atoms with Crippen molar-refractivity contribution < 1.29 is 14.4 Å². The first-order valence-electron chi connectivity index (χ1n) is 7.57. The second kappa shape index (κ2) is 8.66. The van der Waals surface area contributed by atoms with Crippen molar-refractivity contribution >= 4 is 75.0 Å². The van der Waals surface area contributed by atoms with Crippen LogP contribution in [0.3, 0.4) is 0 Å². The molecule has 1 aliphatic heterocycles. The highest BCUT2D eigenvalue weighted by molar-refractivity contribution is 8.26. The van der Waals surface area contributed by atoms with Gasteiger partial charge in [0.1, 0.15) is 10.9 Å². The third-order valence-electron chi connectivity index (χ3n) is 3.39. The molecule has 1 saturated heterocycles. The van der Waals surface area contributed by atoms with E-state index in [2.05, 4.69) is 10.9 Å². The van der Waals surface area contributed by atoms with Crippen molar-refractivity contribution in [1.82, 2.24) is 15.8 Å². The van der Waals surface area contributed by atoms with Crippen molar-refractivity contribution in [2.24, 2.45) is 0 Å². The largest absolute Gasteiger partial charge is 0.283 e. The topological polar surface area (TPSA) is 78.5 Å². The van der Waals surface area contributed by atoms with Crippen LogP contribution in [-0.4, -0.2) is 33.5 Å². The van der Waals surface area contributed by atoms with Gasteiger partial charge < -0.3 is 0 Å². The molecular formula is C17H12ClN3O3S3. The van der Waals surface area contributed by atoms with Gasteiger partial charge in [-0.2, -0.15) is 0 Å². The van der Waals surface area contributed by atoms with Gasteiger partial charge >= 0.3 is 0 Å². The molecule has 3 rings (SSSR count).